The Bertz CT molecular complexity index is 1350. The summed E-state index contributed by atoms with van der Waals surface area (Å²) < 4.78 is 40.1. The Hall–Kier alpha value is -3.08. The monoisotopic (exact) mass is 521 g/mol. The summed E-state index contributed by atoms with van der Waals surface area (Å²) >= 11 is 12.2. The summed E-state index contributed by atoms with van der Waals surface area (Å²) in [5, 5.41) is 12.9. The second-order valence-electron chi connectivity index (χ2n) is 6.75. The van der Waals surface area contributed by atoms with Gasteiger partial charge in [-0.1, -0.05) is 59.6 Å². The lowest BCUT2D eigenvalue weighted by atomic mass is 10.0. The number of nitrogens with zero attached hydrogens (tertiary/aromatic N) is 1. The van der Waals surface area contributed by atoms with Crippen molar-refractivity contribution >= 4 is 52.0 Å². The third-order valence-electron chi connectivity index (χ3n) is 4.45. The van der Waals surface area contributed by atoms with Crippen LogP contribution in [0, 0.1) is 20.4 Å². The lowest BCUT2D eigenvalue weighted by molar-refractivity contribution is -2.00. The first-order valence-corrected chi connectivity index (χ1v) is 11.4. The summed E-state index contributed by atoms with van der Waals surface area (Å²) in [7, 11) is -4.94. The molecule has 0 unspecified atom stereocenters. The van der Waals surface area contributed by atoms with Gasteiger partial charge in [-0.2, -0.15) is 0 Å². The third-order valence-corrected chi connectivity index (χ3v) is 5.01. The van der Waals surface area contributed by atoms with Crippen molar-refractivity contribution in [1.29, 1.82) is 0 Å². The Kier molecular flexibility index (Phi) is 8.19. The molecule has 1 aromatic heterocycles. The second kappa shape index (κ2) is 10.9. The number of nitro groups is 1. The Morgan fingerprint density at radius 2 is 1.53 bits per heavy atom. The van der Waals surface area contributed by atoms with Crippen molar-refractivity contribution in [2.24, 2.45) is 0 Å². The lowest BCUT2D eigenvalue weighted by Gasteiger charge is -2.17. The van der Waals surface area contributed by atoms with Gasteiger partial charge < -0.3 is 0 Å². The minimum Gasteiger partial charge on any atom is -0.258 e. The molecule has 0 aliphatic heterocycles. The minimum absolute atomic E-state index is 0.0166. The molecule has 34 heavy (non-hydrogen) atoms. The first kappa shape index (κ1) is 25.5. The quantitative estimate of drug-likeness (QED) is 0.227. The molecule has 0 atom stereocenters. The van der Waals surface area contributed by atoms with E-state index in [1.165, 1.54) is 12.1 Å². The highest BCUT2D eigenvalue weighted by atomic mass is 35.7. The smallest absolute Gasteiger partial charge is 0.258 e. The van der Waals surface area contributed by atoms with Crippen LogP contribution in [0.25, 0.3) is 34.2 Å². The number of fused-ring (bicyclic) bond motifs is 1. The molecule has 4 rings (SSSR count). The van der Waals surface area contributed by atoms with Crippen molar-refractivity contribution in [1.82, 2.24) is 0 Å². The molecule has 0 fully saturated rings. The standard InChI is InChI=1S/C23H14Cl2NO3.ClHO4/c24-18-8-6-16(21(25)14-18)7-10-23-20(15-4-2-1-3-5-15)13-17-12-19(26(27)28)9-11-22(17)29-23;2-1(3,4)5/h1-14H;(H,2,3,4,5)/q+1;/p-1. The summed E-state index contributed by atoms with van der Waals surface area (Å²) in [5.74, 6) is 0.614. The highest BCUT2D eigenvalue weighted by Crippen LogP contribution is 2.32. The molecule has 0 N–H and O–H groups in total. The Balaban J connectivity index is 0.000000588. The summed E-state index contributed by atoms with van der Waals surface area (Å²) in [6, 6.07) is 21.4. The number of rotatable bonds is 4. The fourth-order valence-electron chi connectivity index (χ4n) is 3.02. The fourth-order valence-corrected chi connectivity index (χ4v) is 3.50. The Labute approximate surface area is 205 Å². The first-order valence-electron chi connectivity index (χ1n) is 9.37. The van der Waals surface area contributed by atoms with Gasteiger partial charge in [-0.15, -0.1) is 10.2 Å². The van der Waals surface area contributed by atoms with Crippen molar-refractivity contribution in [2.75, 3.05) is 0 Å². The van der Waals surface area contributed by atoms with E-state index in [0.29, 0.717) is 26.8 Å². The van der Waals surface area contributed by atoms with Crippen LogP contribution < -0.4 is 18.6 Å². The van der Waals surface area contributed by atoms with Crippen LogP contribution in [0.3, 0.4) is 0 Å². The van der Waals surface area contributed by atoms with Crippen molar-refractivity contribution < 1.29 is 38.2 Å². The van der Waals surface area contributed by atoms with Gasteiger partial charge in [-0.05, 0) is 35.4 Å². The van der Waals surface area contributed by atoms with Crippen LogP contribution in [0.4, 0.5) is 5.69 Å². The van der Waals surface area contributed by atoms with Crippen LogP contribution in [0.5, 0.6) is 0 Å². The van der Waals surface area contributed by atoms with E-state index in [1.807, 2.05) is 54.6 Å². The molecular formula is C23H14Cl3NO7. The molecule has 0 saturated carbocycles. The molecule has 0 aliphatic rings. The number of benzene rings is 3. The molecule has 1 heterocycles. The summed E-state index contributed by atoms with van der Waals surface area (Å²) in [6.07, 6.45) is 3.68. The van der Waals surface area contributed by atoms with Gasteiger partial charge in [0.15, 0.2) is 0 Å². The largest absolute Gasteiger partial charge is 0.361 e. The van der Waals surface area contributed by atoms with Crippen LogP contribution in [0.15, 0.2) is 77.2 Å². The van der Waals surface area contributed by atoms with E-state index in [9.17, 15) is 10.1 Å². The third kappa shape index (κ3) is 7.21. The predicted molar refractivity (Wildman–Crippen MR) is 118 cm³/mol. The molecule has 4 aromatic rings. The fraction of sp³-hybridized carbons (Fsp3) is 0. The number of nitro benzene ring substituents is 1. The lowest BCUT2D eigenvalue weighted by Crippen LogP contribution is -2.68. The van der Waals surface area contributed by atoms with Crippen LogP contribution >= 0.6 is 23.2 Å². The van der Waals surface area contributed by atoms with Gasteiger partial charge in [0.25, 0.3) is 5.69 Å². The van der Waals surface area contributed by atoms with Crippen molar-refractivity contribution in [3.8, 4) is 11.1 Å². The van der Waals surface area contributed by atoms with Gasteiger partial charge >= 0.3 is 11.3 Å². The van der Waals surface area contributed by atoms with Gasteiger partial charge in [-0.3, -0.25) is 10.1 Å². The Morgan fingerprint density at radius 1 is 0.853 bits per heavy atom. The van der Waals surface area contributed by atoms with Gasteiger partial charge in [0.1, 0.15) is 0 Å². The molecule has 0 aliphatic carbocycles. The zero-order valence-corrected chi connectivity index (χ0v) is 19.3. The van der Waals surface area contributed by atoms with E-state index in [2.05, 4.69) is 0 Å². The number of halogens is 3. The summed E-state index contributed by atoms with van der Waals surface area (Å²) in [6.45, 7) is 0. The summed E-state index contributed by atoms with van der Waals surface area (Å²) in [4.78, 5) is 10.7. The number of non-ortho nitro benzene ring substituents is 1. The molecule has 0 spiro atoms. The predicted octanol–water partition coefficient (Wildman–Crippen LogP) is 3.01. The van der Waals surface area contributed by atoms with Gasteiger partial charge in [0.2, 0.25) is 0 Å². The maximum atomic E-state index is 11.1. The number of hydrogen-bond donors (Lipinski definition) is 0. The second-order valence-corrected chi connectivity index (χ2v) is 8.35. The molecular weight excluding hydrogens is 509 g/mol. The van der Waals surface area contributed by atoms with Crippen molar-refractivity contribution in [3.63, 3.8) is 0 Å². The van der Waals surface area contributed by atoms with E-state index < -0.39 is 15.2 Å². The van der Waals surface area contributed by atoms with Crippen LogP contribution in [0.2, 0.25) is 10.0 Å². The maximum absolute atomic E-state index is 11.1. The molecule has 8 nitrogen and oxygen atoms in total. The highest BCUT2D eigenvalue weighted by Gasteiger charge is 2.20. The normalized spacial score (nSPS) is 11.4. The van der Waals surface area contributed by atoms with Gasteiger partial charge in [0, 0.05) is 28.3 Å². The first-order chi connectivity index (χ1) is 16.0. The average Bonchev–Trinajstić information content (AvgIpc) is 2.77. The highest BCUT2D eigenvalue weighted by molar-refractivity contribution is 6.35. The van der Waals surface area contributed by atoms with Crippen LogP contribution in [-0.2, 0) is 0 Å². The van der Waals surface area contributed by atoms with Crippen molar-refractivity contribution in [2.45, 2.75) is 0 Å². The van der Waals surface area contributed by atoms with E-state index >= 15 is 0 Å². The topological polar surface area (TPSA) is 147 Å². The zero-order valence-electron chi connectivity index (χ0n) is 17.0. The van der Waals surface area contributed by atoms with Crippen molar-refractivity contribution in [3.05, 3.63) is 104 Å². The van der Waals surface area contributed by atoms with E-state index in [4.69, 9.17) is 46.3 Å². The van der Waals surface area contributed by atoms with E-state index in [0.717, 1.165) is 16.7 Å². The molecule has 0 radical (unpaired) electrons. The minimum atomic E-state index is -4.94. The Morgan fingerprint density at radius 3 is 2.15 bits per heavy atom. The van der Waals surface area contributed by atoms with Gasteiger partial charge in [-0.25, -0.2) is 23.1 Å². The van der Waals surface area contributed by atoms with E-state index in [1.54, 1.807) is 18.2 Å². The zero-order chi connectivity index (χ0) is 24.9. The molecule has 174 valence electrons. The van der Waals surface area contributed by atoms with E-state index in [-0.39, 0.29) is 5.69 Å². The number of hydrogen-bond acceptors (Lipinski definition) is 6. The molecule has 11 heteroatoms. The summed E-state index contributed by atoms with van der Waals surface area (Å²) in [5.41, 5.74) is 3.13. The maximum Gasteiger partial charge on any atom is 0.361 e. The SMILES string of the molecule is O=[N+]([O-])c1ccc2[o+]c(C=Cc3ccc(Cl)cc3Cl)c(-c3ccccc3)cc2c1.[O-][Cl+3]([O-])([O-])[O-]. The molecule has 3 aromatic carbocycles. The average molecular weight is 523 g/mol. The van der Waals surface area contributed by atoms with Crippen LogP contribution in [0.1, 0.15) is 11.3 Å². The molecule has 0 bridgehead atoms. The van der Waals surface area contributed by atoms with Crippen LogP contribution in [-0.4, -0.2) is 4.92 Å². The molecule has 0 amide bonds. The van der Waals surface area contributed by atoms with Gasteiger partial charge in [0.05, 0.1) is 21.9 Å². The molecule has 0 saturated heterocycles.